The third-order valence-corrected chi connectivity index (χ3v) is 2.61. The van der Waals surface area contributed by atoms with Gasteiger partial charge in [0.1, 0.15) is 17.3 Å². The molecule has 0 unspecified atom stereocenters. The van der Waals surface area contributed by atoms with Gasteiger partial charge in [-0.05, 0) is 42.8 Å². The molecule has 4 nitrogen and oxygen atoms in total. The van der Waals surface area contributed by atoms with E-state index in [1.54, 1.807) is 30.3 Å². The number of hydrogen-bond donors (Lipinski definition) is 2. The van der Waals surface area contributed by atoms with Crippen molar-refractivity contribution >= 4 is 5.84 Å². The van der Waals surface area contributed by atoms with E-state index in [0.29, 0.717) is 17.1 Å². The normalized spacial score (nSPS) is 11.4. The Morgan fingerprint density at radius 3 is 2.58 bits per heavy atom. The number of nitrogens with zero attached hydrogens (tertiary/aromatic N) is 1. The lowest BCUT2D eigenvalue weighted by molar-refractivity contribution is 0.318. The van der Waals surface area contributed by atoms with Crippen molar-refractivity contribution in [2.45, 2.75) is 6.92 Å². The molecule has 0 bridgehead atoms. The fourth-order valence-electron chi connectivity index (χ4n) is 1.71. The molecule has 0 saturated heterocycles. The second kappa shape index (κ2) is 5.39. The van der Waals surface area contributed by atoms with Gasteiger partial charge in [-0.1, -0.05) is 11.2 Å². The van der Waals surface area contributed by atoms with Crippen LogP contribution in [0, 0.1) is 12.7 Å². The van der Waals surface area contributed by atoms with Crippen molar-refractivity contribution in [3.05, 3.63) is 59.4 Å². The average molecular weight is 260 g/mol. The lowest BCUT2D eigenvalue weighted by Gasteiger charge is -2.09. The van der Waals surface area contributed by atoms with Gasteiger partial charge in [-0.3, -0.25) is 0 Å². The SMILES string of the molecule is Cc1cc(Oc2cccc(F)c2)ccc1/C(N)=N/O. The Hall–Kier alpha value is -2.56. The number of rotatable bonds is 3. The first-order chi connectivity index (χ1) is 9.10. The highest BCUT2D eigenvalue weighted by Crippen LogP contribution is 2.24. The lowest BCUT2D eigenvalue weighted by Crippen LogP contribution is -2.14. The maximum Gasteiger partial charge on any atom is 0.170 e. The molecule has 3 N–H and O–H groups in total. The molecule has 0 radical (unpaired) electrons. The fraction of sp³-hybridized carbons (Fsp3) is 0.0714. The van der Waals surface area contributed by atoms with E-state index in [9.17, 15) is 4.39 Å². The van der Waals surface area contributed by atoms with Crippen molar-refractivity contribution in [3.8, 4) is 11.5 Å². The number of amidine groups is 1. The molecule has 2 aromatic rings. The first-order valence-electron chi connectivity index (χ1n) is 5.62. The molecule has 0 aliphatic heterocycles. The van der Waals surface area contributed by atoms with Crippen molar-refractivity contribution in [1.82, 2.24) is 0 Å². The Bertz CT molecular complexity index is 627. The van der Waals surface area contributed by atoms with Gasteiger partial charge in [-0.2, -0.15) is 0 Å². The summed E-state index contributed by atoms with van der Waals surface area (Å²) in [5, 5.41) is 11.6. The molecule has 5 heteroatoms. The second-order valence-electron chi connectivity index (χ2n) is 4.02. The van der Waals surface area contributed by atoms with Crippen molar-refractivity contribution in [1.29, 1.82) is 0 Å². The number of nitrogens with two attached hydrogens (primary N) is 1. The maximum atomic E-state index is 13.0. The van der Waals surface area contributed by atoms with Crippen molar-refractivity contribution < 1.29 is 14.3 Å². The highest BCUT2D eigenvalue weighted by molar-refractivity contribution is 5.98. The highest BCUT2D eigenvalue weighted by Gasteiger charge is 2.06. The minimum Gasteiger partial charge on any atom is -0.457 e. The van der Waals surface area contributed by atoms with Crippen LogP contribution in [0.4, 0.5) is 4.39 Å². The molecule has 0 spiro atoms. The highest BCUT2D eigenvalue weighted by atomic mass is 19.1. The van der Waals surface area contributed by atoms with Gasteiger partial charge in [0, 0.05) is 11.6 Å². The van der Waals surface area contributed by atoms with Crippen LogP contribution in [0.15, 0.2) is 47.6 Å². The average Bonchev–Trinajstić information content (AvgIpc) is 2.38. The topological polar surface area (TPSA) is 67.8 Å². The zero-order valence-corrected chi connectivity index (χ0v) is 10.3. The monoisotopic (exact) mass is 260 g/mol. The van der Waals surface area contributed by atoms with Crippen LogP contribution in [0.3, 0.4) is 0 Å². The summed E-state index contributed by atoms with van der Waals surface area (Å²) < 4.78 is 18.6. The molecule has 0 atom stereocenters. The zero-order valence-electron chi connectivity index (χ0n) is 10.3. The van der Waals surface area contributed by atoms with E-state index >= 15 is 0 Å². The summed E-state index contributed by atoms with van der Waals surface area (Å²) in [7, 11) is 0. The predicted molar refractivity (Wildman–Crippen MR) is 70.2 cm³/mol. The summed E-state index contributed by atoms with van der Waals surface area (Å²) in [6.07, 6.45) is 0. The van der Waals surface area contributed by atoms with Gasteiger partial charge in [0.25, 0.3) is 0 Å². The minimum atomic E-state index is -0.359. The Morgan fingerprint density at radius 2 is 1.95 bits per heavy atom. The van der Waals surface area contributed by atoms with Crippen LogP contribution in [0.25, 0.3) is 0 Å². The number of aryl methyl sites for hydroxylation is 1. The van der Waals surface area contributed by atoms with Crippen molar-refractivity contribution in [2.75, 3.05) is 0 Å². The third kappa shape index (κ3) is 3.01. The van der Waals surface area contributed by atoms with Gasteiger partial charge in [0.2, 0.25) is 0 Å². The lowest BCUT2D eigenvalue weighted by atomic mass is 10.1. The summed E-state index contributed by atoms with van der Waals surface area (Å²) in [4.78, 5) is 0. The van der Waals surface area contributed by atoms with E-state index < -0.39 is 0 Å². The first kappa shape index (κ1) is 12.9. The number of hydrogen-bond acceptors (Lipinski definition) is 3. The maximum absolute atomic E-state index is 13.0. The molecular weight excluding hydrogens is 247 g/mol. The molecule has 0 heterocycles. The van der Waals surface area contributed by atoms with Crippen LogP contribution >= 0.6 is 0 Å². The number of halogens is 1. The molecule has 2 rings (SSSR count). The van der Waals surface area contributed by atoms with E-state index in [-0.39, 0.29) is 11.7 Å². The van der Waals surface area contributed by atoms with Gasteiger partial charge < -0.3 is 15.7 Å². The van der Waals surface area contributed by atoms with E-state index in [1.807, 2.05) is 6.92 Å². The van der Waals surface area contributed by atoms with Crippen LogP contribution < -0.4 is 10.5 Å². The second-order valence-corrected chi connectivity index (χ2v) is 4.02. The zero-order chi connectivity index (χ0) is 13.8. The molecule has 0 aliphatic carbocycles. The molecule has 0 amide bonds. The number of benzene rings is 2. The molecule has 0 fully saturated rings. The molecule has 98 valence electrons. The fourth-order valence-corrected chi connectivity index (χ4v) is 1.71. The minimum absolute atomic E-state index is 0.0369. The van der Waals surface area contributed by atoms with E-state index in [2.05, 4.69) is 5.16 Å². The smallest absolute Gasteiger partial charge is 0.170 e. The van der Waals surface area contributed by atoms with Gasteiger partial charge in [0.15, 0.2) is 5.84 Å². The van der Waals surface area contributed by atoms with Crippen LogP contribution in [0.2, 0.25) is 0 Å². The Morgan fingerprint density at radius 1 is 1.21 bits per heavy atom. The Balaban J connectivity index is 2.26. The molecular formula is C14H13FN2O2. The van der Waals surface area contributed by atoms with Gasteiger partial charge in [-0.25, -0.2) is 4.39 Å². The quantitative estimate of drug-likeness (QED) is 0.386. The van der Waals surface area contributed by atoms with Crippen LogP contribution in [-0.4, -0.2) is 11.0 Å². The summed E-state index contributed by atoms with van der Waals surface area (Å²) in [6, 6.07) is 11.0. The summed E-state index contributed by atoms with van der Waals surface area (Å²) >= 11 is 0. The molecule has 19 heavy (non-hydrogen) atoms. The summed E-state index contributed by atoms with van der Waals surface area (Å²) in [5.74, 6) is 0.644. The largest absolute Gasteiger partial charge is 0.457 e. The Labute approximate surface area is 109 Å². The third-order valence-electron chi connectivity index (χ3n) is 2.61. The first-order valence-corrected chi connectivity index (χ1v) is 5.62. The number of ether oxygens (including phenoxy) is 1. The van der Waals surface area contributed by atoms with E-state index in [4.69, 9.17) is 15.7 Å². The van der Waals surface area contributed by atoms with Crippen molar-refractivity contribution in [2.24, 2.45) is 10.9 Å². The van der Waals surface area contributed by atoms with E-state index in [1.165, 1.54) is 12.1 Å². The molecule has 0 aromatic heterocycles. The Kier molecular flexibility index (Phi) is 3.66. The molecule has 0 aliphatic rings. The predicted octanol–water partition coefficient (Wildman–Crippen LogP) is 3.02. The van der Waals surface area contributed by atoms with Crippen molar-refractivity contribution in [3.63, 3.8) is 0 Å². The van der Waals surface area contributed by atoms with Crippen LogP contribution in [-0.2, 0) is 0 Å². The molecule has 2 aromatic carbocycles. The van der Waals surface area contributed by atoms with Gasteiger partial charge >= 0.3 is 0 Å². The van der Waals surface area contributed by atoms with E-state index in [0.717, 1.165) is 5.56 Å². The molecule has 0 saturated carbocycles. The standard InChI is InChI=1S/C14H13FN2O2/c1-9-7-12(5-6-13(9)14(16)17-18)19-11-4-2-3-10(15)8-11/h2-8,18H,1H3,(H2,16,17). The summed E-state index contributed by atoms with van der Waals surface area (Å²) in [5.41, 5.74) is 6.94. The van der Waals surface area contributed by atoms with Gasteiger partial charge in [-0.15, -0.1) is 0 Å². The van der Waals surface area contributed by atoms with Crippen LogP contribution in [0.1, 0.15) is 11.1 Å². The summed E-state index contributed by atoms with van der Waals surface area (Å²) in [6.45, 7) is 1.81. The number of oxime groups is 1. The van der Waals surface area contributed by atoms with Crippen LogP contribution in [0.5, 0.6) is 11.5 Å². The van der Waals surface area contributed by atoms with Gasteiger partial charge in [0.05, 0.1) is 0 Å².